The Balaban J connectivity index is 1.30. The van der Waals surface area contributed by atoms with Crippen LogP contribution in [0.4, 0.5) is 10.3 Å². The predicted octanol–water partition coefficient (Wildman–Crippen LogP) is 2.54. The Hall–Kier alpha value is -3.43. The summed E-state index contributed by atoms with van der Waals surface area (Å²) in [5, 5.41) is 0. The average Bonchev–Trinajstić information content (AvgIpc) is 3.59. The first-order valence-electron chi connectivity index (χ1n) is 11.4. The molecule has 1 aliphatic heterocycles. The fraction of sp³-hybridized carbons (Fsp3) is 0.478. The zero-order valence-electron chi connectivity index (χ0n) is 18.8. The van der Waals surface area contributed by atoms with E-state index in [-0.39, 0.29) is 18.5 Å². The third kappa shape index (κ3) is 4.29. The maximum Gasteiger partial charge on any atom is 0.257 e. The minimum absolute atomic E-state index is 0.0722. The second-order valence-electron chi connectivity index (χ2n) is 8.62. The normalized spacial score (nSPS) is 20.6. The van der Waals surface area contributed by atoms with Crippen LogP contribution < -0.4 is 4.90 Å². The van der Waals surface area contributed by atoms with Crippen LogP contribution in [-0.4, -0.2) is 71.6 Å². The van der Waals surface area contributed by atoms with Crippen LogP contribution in [0.2, 0.25) is 0 Å². The smallest absolute Gasteiger partial charge is 0.257 e. The van der Waals surface area contributed by atoms with Gasteiger partial charge in [0.2, 0.25) is 11.9 Å². The van der Waals surface area contributed by atoms with Gasteiger partial charge in [-0.3, -0.25) is 9.36 Å². The van der Waals surface area contributed by atoms with E-state index in [1.54, 1.807) is 34.3 Å². The monoisotopic (exact) mass is 450 g/mol. The van der Waals surface area contributed by atoms with Crippen molar-refractivity contribution in [2.24, 2.45) is 0 Å². The van der Waals surface area contributed by atoms with E-state index in [0.717, 1.165) is 30.7 Å². The molecule has 2 aliphatic rings. The van der Waals surface area contributed by atoms with Crippen LogP contribution in [0, 0.1) is 6.92 Å². The summed E-state index contributed by atoms with van der Waals surface area (Å²) in [7, 11) is 0. The molecule has 1 aliphatic carbocycles. The van der Waals surface area contributed by atoms with Gasteiger partial charge in [0.1, 0.15) is 12.0 Å². The van der Waals surface area contributed by atoms with Crippen molar-refractivity contribution < 1.29 is 9.18 Å². The van der Waals surface area contributed by atoms with Gasteiger partial charge in [-0.2, -0.15) is 0 Å². The molecule has 2 fully saturated rings. The molecule has 0 aromatic carbocycles. The Labute approximate surface area is 191 Å². The molecular formula is C23H27FN8O. The number of hydrogen-bond acceptors (Lipinski definition) is 7. The maximum atomic E-state index is 15.4. The molecule has 2 atom stereocenters. The summed E-state index contributed by atoms with van der Waals surface area (Å²) in [5.41, 5.74) is 1.42. The molecule has 3 aromatic rings. The zero-order chi connectivity index (χ0) is 22.9. The number of amides is 1. The number of hydrogen-bond donors (Lipinski definition) is 0. The lowest BCUT2D eigenvalue weighted by molar-refractivity contribution is 0.0485. The molecule has 1 saturated carbocycles. The summed E-state index contributed by atoms with van der Waals surface area (Å²) in [6.45, 7) is 4.67. The summed E-state index contributed by atoms with van der Waals surface area (Å²) in [4.78, 5) is 38.6. The topological polar surface area (TPSA) is 92.9 Å². The summed E-state index contributed by atoms with van der Waals surface area (Å²) in [6.07, 6.45) is 12.0. The molecule has 1 amide bonds. The van der Waals surface area contributed by atoms with Gasteiger partial charge in [-0.25, -0.2) is 29.3 Å². The first-order chi connectivity index (χ1) is 16.0. The third-order valence-corrected chi connectivity index (χ3v) is 6.35. The van der Waals surface area contributed by atoms with Crippen LogP contribution in [0.15, 0.2) is 37.2 Å². The van der Waals surface area contributed by atoms with E-state index in [1.807, 2.05) is 18.7 Å². The summed E-state index contributed by atoms with van der Waals surface area (Å²) in [6, 6.07) is -0.408. The molecule has 3 aromatic heterocycles. The highest BCUT2D eigenvalue weighted by Crippen LogP contribution is 2.34. The van der Waals surface area contributed by atoms with Crippen LogP contribution >= 0.6 is 0 Å². The number of carbonyl (C=O) groups excluding carboxylic acids is 1. The highest BCUT2D eigenvalue weighted by molar-refractivity contribution is 5.94. The van der Waals surface area contributed by atoms with Crippen LogP contribution in [0.1, 0.15) is 47.9 Å². The van der Waals surface area contributed by atoms with Gasteiger partial charge in [0, 0.05) is 49.8 Å². The van der Waals surface area contributed by atoms with E-state index in [0.29, 0.717) is 30.4 Å². The molecule has 9 nitrogen and oxygen atoms in total. The highest BCUT2D eigenvalue weighted by atomic mass is 19.1. The predicted molar refractivity (Wildman–Crippen MR) is 120 cm³/mol. The minimum Gasteiger partial charge on any atom is -0.338 e. The van der Waals surface area contributed by atoms with Gasteiger partial charge >= 0.3 is 0 Å². The number of halogens is 1. The van der Waals surface area contributed by atoms with Crippen molar-refractivity contribution in [2.75, 3.05) is 18.0 Å². The van der Waals surface area contributed by atoms with Crippen molar-refractivity contribution in [2.45, 2.75) is 57.8 Å². The van der Waals surface area contributed by atoms with Gasteiger partial charge < -0.3 is 9.80 Å². The average molecular weight is 451 g/mol. The largest absolute Gasteiger partial charge is 0.338 e. The summed E-state index contributed by atoms with van der Waals surface area (Å²) in [5.74, 6) is 1.53. The Morgan fingerprint density at radius 2 is 1.76 bits per heavy atom. The zero-order valence-corrected chi connectivity index (χ0v) is 18.8. The first-order valence-corrected chi connectivity index (χ1v) is 11.4. The number of alkyl halides is 1. The van der Waals surface area contributed by atoms with E-state index in [4.69, 9.17) is 0 Å². The molecule has 5 rings (SSSR count). The molecule has 2 unspecified atom stereocenters. The van der Waals surface area contributed by atoms with E-state index < -0.39 is 12.2 Å². The van der Waals surface area contributed by atoms with Gasteiger partial charge in [0.05, 0.1) is 18.2 Å². The van der Waals surface area contributed by atoms with Crippen LogP contribution in [0.25, 0.3) is 5.95 Å². The van der Waals surface area contributed by atoms with E-state index in [9.17, 15) is 4.79 Å². The fourth-order valence-electron chi connectivity index (χ4n) is 4.32. The van der Waals surface area contributed by atoms with E-state index in [1.165, 1.54) is 12.4 Å². The Kier molecular flexibility index (Phi) is 5.74. The third-order valence-electron chi connectivity index (χ3n) is 6.35. The Morgan fingerprint density at radius 3 is 2.33 bits per heavy atom. The molecule has 33 heavy (non-hydrogen) atoms. The molecular weight excluding hydrogens is 423 g/mol. The highest BCUT2D eigenvalue weighted by Gasteiger charge is 2.43. The number of aryl methyl sites for hydroxylation is 2. The summed E-state index contributed by atoms with van der Waals surface area (Å²) >= 11 is 0. The lowest BCUT2D eigenvalue weighted by Crippen LogP contribution is -2.55. The number of piperidine rings is 1. The molecule has 0 spiro atoms. The minimum atomic E-state index is -1.19. The number of imidazole rings is 1. The van der Waals surface area contributed by atoms with E-state index >= 15 is 4.39 Å². The van der Waals surface area contributed by atoms with E-state index in [2.05, 4.69) is 24.9 Å². The SMILES string of the molecule is CCc1cnc(N2CCC(N(C(=O)c3cnc(-n4ccnc4C)nc3)C3CC3)C(F)C2)nc1. The second-order valence-corrected chi connectivity index (χ2v) is 8.62. The lowest BCUT2D eigenvalue weighted by Gasteiger charge is -2.41. The molecule has 10 heteroatoms. The second kappa shape index (κ2) is 8.84. The van der Waals surface area contributed by atoms with Gasteiger partial charge in [0.25, 0.3) is 5.91 Å². The van der Waals surface area contributed by atoms with Crippen molar-refractivity contribution in [3.05, 3.63) is 54.1 Å². The summed E-state index contributed by atoms with van der Waals surface area (Å²) < 4.78 is 17.2. The number of nitrogens with zero attached hydrogens (tertiary/aromatic N) is 8. The van der Waals surface area contributed by atoms with Gasteiger partial charge in [-0.15, -0.1) is 0 Å². The van der Waals surface area contributed by atoms with Crippen molar-refractivity contribution in [3.8, 4) is 5.95 Å². The molecule has 0 radical (unpaired) electrons. The lowest BCUT2D eigenvalue weighted by atomic mass is 10.00. The maximum absolute atomic E-state index is 15.4. The molecule has 4 heterocycles. The Morgan fingerprint density at radius 1 is 1.06 bits per heavy atom. The standard InChI is InChI=1S/C23H27FN8O/c1-3-16-10-26-22(27-11-16)30-8-6-20(19(24)14-30)32(18-4-5-18)21(33)17-12-28-23(29-13-17)31-9-7-25-15(31)2/h7,9-13,18-20H,3-6,8,14H2,1-2H3. The van der Waals surface area contributed by atoms with Crippen molar-refractivity contribution in [1.82, 2.24) is 34.4 Å². The van der Waals surface area contributed by atoms with Crippen molar-refractivity contribution in [1.29, 1.82) is 0 Å². The number of aromatic nitrogens is 6. The molecule has 172 valence electrons. The molecule has 0 N–H and O–H groups in total. The van der Waals surface area contributed by atoms with Gasteiger partial charge in [0.15, 0.2) is 0 Å². The van der Waals surface area contributed by atoms with Crippen LogP contribution in [0.3, 0.4) is 0 Å². The van der Waals surface area contributed by atoms with Crippen LogP contribution in [0.5, 0.6) is 0 Å². The first kappa shape index (κ1) is 21.4. The van der Waals surface area contributed by atoms with Crippen molar-refractivity contribution in [3.63, 3.8) is 0 Å². The van der Waals surface area contributed by atoms with Gasteiger partial charge in [-0.1, -0.05) is 6.92 Å². The number of carbonyl (C=O) groups is 1. The molecule has 0 bridgehead atoms. The molecule has 1 saturated heterocycles. The van der Waals surface area contributed by atoms with Crippen LogP contribution in [-0.2, 0) is 6.42 Å². The number of anilines is 1. The number of rotatable bonds is 6. The van der Waals surface area contributed by atoms with Crippen molar-refractivity contribution >= 4 is 11.9 Å². The van der Waals surface area contributed by atoms with Gasteiger partial charge in [-0.05, 0) is 38.2 Å². The quantitative estimate of drug-likeness (QED) is 0.570. The Bertz CT molecular complexity index is 1110. The fourth-order valence-corrected chi connectivity index (χ4v) is 4.32.